The van der Waals surface area contributed by atoms with Crippen LogP contribution in [0.2, 0.25) is 0 Å². The topological polar surface area (TPSA) is 37.8 Å². The Labute approximate surface area is 101 Å². The van der Waals surface area contributed by atoms with Crippen LogP contribution in [0, 0.1) is 6.92 Å². The van der Waals surface area contributed by atoms with Crippen molar-refractivity contribution in [2.45, 2.75) is 13.5 Å². The molecule has 1 N–H and O–H groups in total. The molecule has 2 aromatic rings. The molecule has 5 heteroatoms. The number of nitrogens with zero attached hydrogens (tertiary/aromatic N) is 2. The largest absolute Gasteiger partial charge is 0.364 e. The first-order valence-corrected chi connectivity index (χ1v) is 6.17. The van der Waals surface area contributed by atoms with Crippen molar-refractivity contribution in [3.8, 4) is 0 Å². The van der Waals surface area contributed by atoms with Crippen molar-refractivity contribution >= 4 is 33.1 Å². The fraction of sp³-hybridized carbons (Fsp3) is 0.200. The minimum absolute atomic E-state index is 0.728. The lowest BCUT2D eigenvalue weighted by Gasteiger charge is -2.04. The van der Waals surface area contributed by atoms with Crippen LogP contribution in [0.5, 0.6) is 0 Å². The average molecular weight is 284 g/mol. The molecule has 0 spiro atoms. The molecule has 0 aliphatic rings. The highest BCUT2D eigenvalue weighted by atomic mass is 79.9. The summed E-state index contributed by atoms with van der Waals surface area (Å²) in [6.07, 6.45) is 3.61. The van der Waals surface area contributed by atoms with E-state index >= 15 is 0 Å². The van der Waals surface area contributed by atoms with E-state index in [-0.39, 0.29) is 0 Å². The van der Waals surface area contributed by atoms with Gasteiger partial charge in [0.1, 0.15) is 10.8 Å². The molecule has 0 bridgehead atoms. The number of nitrogens with one attached hydrogen (secondary N) is 1. The SMILES string of the molecule is Cc1cc(NCc2nccs2)ncc1Br. The zero-order valence-corrected chi connectivity index (χ0v) is 10.6. The summed E-state index contributed by atoms with van der Waals surface area (Å²) in [6, 6.07) is 2.01. The van der Waals surface area contributed by atoms with Gasteiger partial charge in [-0.3, -0.25) is 0 Å². The molecule has 0 radical (unpaired) electrons. The number of aryl methyl sites for hydroxylation is 1. The minimum Gasteiger partial charge on any atom is -0.364 e. The van der Waals surface area contributed by atoms with Crippen molar-refractivity contribution in [2.24, 2.45) is 0 Å². The van der Waals surface area contributed by atoms with Crippen LogP contribution < -0.4 is 5.32 Å². The molecule has 0 aromatic carbocycles. The Morgan fingerprint density at radius 3 is 3.00 bits per heavy atom. The highest BCUT2D eigenvalue weighted by Gasteiger charge is 1.99. The van der Waals surface area contributed by atoms with Crippen LogP contribution in [0.25, 0.3) is 0 Å². The lowest BCUT2D eigenvalue weighted by Crippen LogP contribution is -2.01. The van der Waals surface area contributed by atoms with Crippen molar-refractivity contribution in [3.63, 3.8) is 0 Å². The Bertz CT molecular complexity index is 442. The van der Waals surface area contributed by atoms with Crippen molar-refractivity contribution in [1.29, 1.82) is 0 Å². The summed E-state index contributed by atoms with van der Waals surface area (Å²) in [5.41, 5.74) is 1.17. The van der Waals surface area contributed by atoms with Crippen LogP contribution in [-0.4, -0.2) is 9.97 Å². The Kier molecular flexibility index (Phi) is 3.33. The third-order valence-electron chi connectivity index (χ3n) is 1.95. The lowest BCUT2D eigenvalue weighted by atomic mass is 10.3. The van der Waals surface area contributed by atoms with E-state index in [1.165, 1.54) is 5.56 Å². The van der Waals surface area contributed by atoms with Gasteiger partial charge in [-0.15, -0.1) is 11.3 Å². The van der Waals surface area contributed by atoms with Gasteiger partial charge in [-0.25, -0.2) is 9.97 Å². The number of rotatable bonds is 3. The van der Waals surface area contributed by atoms with E-state index < -0.39 is 0 Å². The summed E-state index contributed by atoms with van der Waals surface area (Å²) >= 11 is 5.06. The van der Waals surface area contributed by atoms with Crippen molar-refractivity contribution < 1.29 is 0 Å². The van der Waals surface area contributed by atoms with E-state index in [9.17, 15) is 0 Å². The standard InChI is InChI=1S/C10H10BrN3S/c1-7-4-9(13-5-8(7)11)14-6-10-12-2-3-15-10/h2-5H,6H2,1H3,(H,13,14). The quantitative estimate of drug-likeness (QED) is 0.940. The second-order valence-corrected chi connectivity index (χ2v) is 4.93. The van der Waals surface area contributed by atoms with Crippen LogP contribution in [-0.2, 0) is 6.54 Å². The number of aromatic nitrogens is 2. The lowest BCUT2D eigenvalue weighted by molar-refractivity contribution is 1.07. The molecule has 0 atom stereocenters. The molecule has 0 amide bonds. The Morgan fingerprint density at radius 2 is 2.33 bits per heavy atom. The zero-order chi connectivity index (χ0) is 10.7. The van der Waals surface area contributed by atoms with Crippen LogP contribution in [0.15, 0.2) is 28.3 Å². The molecular formula is C10H10BrN3S. The van der Waals surface area contributed by atoms with Crippen LogP contribution in [0.4, 0.5) is 5.82 Å². The van der Waals surface area contributed by atoms with Gasteiger partial charge in [0.15, 0.2) is 0 Å². The molecule has 0 aliphatic carbocycles. The monoisotopic (exact) mass is 283 g/mol. The molecule has 2 rings (SSSR count). The van der Waals surface area contributed by atoms with Crippen LogP contribution in [0.1, 0.15) is 10.6 Å². The third-order valence-corrected chi connectivity index (χ3v) is 3.56. The zero-order valence-electron chi connectivity index (χ0n) is 8.20. The number of halogens is 1. The molecule has 0 fully saturated rings. The van der Waals surface area contributed by atoms with Gasteiger partial charge in [-0.1, -0.05) is 0 Å². The van der Waals surface area contributed by atoms with Crippen LogP contribution >= 0.6 is 27.3 Å². The molecule has 0 unspecified atom stereocenters. The number of anilines is 1. The van der Waals surface area contributed by atoms with Gasteiger partial charge in [-0.2, -0.15) is 0 Å². The number of thiazole rings is 1. The maximum absolute atomic E-state index is 4.26. The predicted octanol–water partition coefficient (Wildman–Crippen LogP) is 3.22. The average Bonchev–Trinajstić information content (AvgIpc) is 2.73. The maximum Gasteiger partial charge on any atom is 0.126 e. The highest BCUT2D eigenvalue weighted by molar-refractivity contribution is 9.10. The van der Waals surface area contributed by atoms with E-state index in [2.05, 4.69) is 31.2 Å². The molecular weight excluding hydrogens is 274 g/mol. The number of hydrogen-bond donors (Lipinski definition) is 1. The van der Waals surface area contributed by atoms with Crippen molar-refractivity contribution in [3.05, 3.63) is 38.9 Å². The minimum atomic E-state index is 0.728. The molecule has 2 aromatic heterocycles. The molecule has 0 saturated carbocycles. The first-order valence-electron chi connectivity index (χ1n) is 4.50. The fourth-order valence-corrected chi connectivity index (χ4v) is 1.92. The molecule has 15 heavy (non-hydrogen) atoms. The molecule has 0 aliphatic heterocycles. The first kappa shape index (κ1) is 10.6. The summed E-state index contributed by atoms with van der Waals surface area (Å²) in [4.78, 5) is 8.45. The summed E-state index contributed by atoms with van der Waals surface area (Å²) in [7, 11) is 0. The van der Waals surface area contributed by atoms with E-state index in [4.69, 9.17) is 0 Å². The van der Waals surface area contributed by atoms with E-state index in [0.717, 1.165) is 21.8 Å². The molecule has 78 valence electrons. The highest BCUT2D eigenvalue weighted by Crippen LogP contribution is 2.17. The number of hydrogen-bond acceptors (Lipinski definition) is 4. The third kappa shape index (κ3) is 2.76. The van der Waals surface area contributed by atoms with Crippen molar-refractivity contribution in [1.82, 2.24) is 9.97 Å². The summed E-state index contributed by atoms with van der Waals surface area (Å²) in [6.45, 7) is 2.77. The molecule has 3 nitrogen and oxygen atoms in total. The van der Waals surface area contributed by atoms with E-state index in [1.807, 2.05) is 24.6 Å². The van der Waals surface area contributed by atoms with Crippen molar-refractivity contribution in [2.75, 3.05) is 5.32 Å². The van der Waals surface area contributed by atoms with Crippen LogP contribution in [0.3, 0.4) is 0 Å². The van der Waals surface area contributed by atoms with Gasteiger partial charge in [0, 0.05) is 22.2 Å². The van der Waals surface area contributed by atoms with Gasteiger partial charge < -0.3 is 5.32 Å². The summed E-state index contributed by atoms with van der Waals surface area (Å²) in [5.74, 6) is 0.880. The maximum atomic E-state index is 4.26. The number of pyridine rings is 1. The first-order chi connectivity index (χ1) is 7.25. The Balaban J connectivity index is 2.02. The van der Waals surface area contributed by atoms with Gasteiger partial charge in [0.05, 0.1) is 6.54 Å². The molecule has 0 saturated heterocycles. The Morgan fingerprint density at radius 1 is 1.47 bits per heavy atom. The van der Waals surface area contributed by atoms with Gasteiger partial charge in [-0.05, 0) is 34.5 Å². The smallest absolute Gasteiger partial charge is 0.126 e. The molecule has 2 heterocycles. The van der Waals surface area contributed by atoms with E-state index in [1.54, 1.807) is 17.5 Å². The second kappa shape index (κ2) is 4.72. The van der Waals surface area contributed by atoms with E-state index in [0.29, 0.717) is 0 Å². The summed E-state index contributed by atoms with van der Waals surface area (Å²) in [5, 5.41) is 6.27. The van der Waals surface area contributed by atoms with Gasteiger partial charge >= 0.3 is 0 Å². The predicted molar refractivity (Wildman–Crippen MR) is 66.1 cm³/mol. The van der Waals surface area contributed by atoms with Gasteiger partial charge in [0.2, 0.25) is 0 Å². The fourth-order valence-electron chi connectivity index (χ4n) is 1.14. The van der Waals surface area contributed by atoms with Gasteiger partial charge in [0.25, 0.3) is 0 Å². The second-order valence-electron chi connectivity index (χ2n) is 3.10. The summed E-state index contributed by atoms with van der Waals surface area (Å²) < 4.78 is 1.03. The Hall–Kier alpha value is -0.940. The normalized spacial score (nSPS) is 10.3.